The van der Waals surface area contributed by atoms with E-state index in [2.05, 4.69) is 4.72 Å². The molecule has 23 heavy (non-hydrogen) atoms. The molecule has 2 N–H and O–H groups in total. The van der Waals surface area contributed by atoms with E-state index in [0.717, 1.165) is 24.8 Å². The lowest BCUT2D eigenvalue weighted by atomic mass is 9.79. The van der Waals surface area contributed by atoms with Crippen LogP contribution in [-0.2, 0) is 10.0 Å². The topological polar surface area (TPSA) is 66.4 Å². The van der Waals surface area contributed by atoms with Crippen LogP contribution >= 0.6 is 0 Å². The van der Waals surface area contributed by atoms with Gasteiger partial charge in [0, 0.05) is 6.54 Å². The number of hydrogen-bond acceptors (Lipinski definition) is 3. The molecule has 0 aromatic heterocycles. The van der Waals surface area contributed by atoms with Gasteiger partial charge in [-0.05, 0) is 50.2 Å². The normalized spacial score (nSPS) is 19.4. The first-order valence-corrected chi connectivity index (χ1v) is 10.2. The molecule has 0 radical (unpaired) electrons. The van der Waals surface area contributed by atoms with E-state index in [1.807, 2.05) is 13.8 Å². The van der Waals surface area contributed by atoms with Gasteiger partial charge < -0.3 is 5.11 Å². The standard InChI is InChI=1S/C18H29NO3S/c1-3-15(18(20)16-7-5-4-6-8-16)13-19-23(21,22)17-11-9-14(2)10-12-17/h9-12,15-16,18-20H,3-8,13H2,1-2H3/t15-,18+/m1/s1. The minimum Gasteiger partial charge on any atom is -0.393 e. The molecular formula is C18H29NO3S. The molecule has 2 rings (SSSR count). The highest BCUT2D eigenvalue weighted by Crippen LogP contribution is 2.30. The zero-order valence-electron chi connectivity index (χ0n) is 14.2. The Morgan fingerprint density at radius 3 is 2.35 bits per heavy atom. The summed E-state index contributed by atoms with van der Waals surface area (Å²) >= 11 is 0. The fourth-order valence-electron chi connectivity index (χ4n) is 3.38. The van der Waals surface area contributed by atoms with E-state index in [1.165, 1.54) is 19.3 Å². The van der Waals surface area contributed by atoms with E-state index in [9.17, 15) is 13.5 Å². The van der Waals surface area contributed by atoms with Gasteiger partial charge in [-0.2, -0.15) is 0 Å². The fraction of sp³-hybridized carbons (Fsp3) is 0.667. The summed E-state index contributed by atoms with van der Waals surface area (Å²) in [5.41, 5.74) is 1.03. The Bertz CT molecular complexity index is 577. The summed E-state index contributed by atoms with van der Waals surface area (Å²) in [7, 11) is -3.51. The first kappa shape index (κ1) is 18.4. The fourth-order valence-corrected chi connectivity index (χ4v) is 4.48. The average molecular weight is 340 g/mol. The molecule has 0 bridgehead atoms. The predicted octanol–water partition coefficient (Wildman–Crippen LogP) is 3.24. The van der Waals surface area contributed by atoms with Crippen molar-refractivity contribution in [3.63, 3.8) is 0 Å². The van der Waals surface area contributed by atoms with E-state index >= 15 is 0 Å². The molecule has 0 spiro atoms. The Morgan fingerprint density at radius 2 is 1.78 bits per heavy atom. The van der Waals surface area contributed by atoms with Crippen molar-refractivity contribution in [3.8, 4) is 0 Å². The average Bonchev–Trinajstić information content (AvgIpc) is 2.56. The first-order chi connectivity index (χ1) is 10.9. The minimum atomic E-state index is -3.51. The number of hydrogen-bond donors (Lipinski definition) is 2. The number of benzene rings is 1. The summed E-state index contributed by atoms with van der Waals surface area (Å²) in [5, 5.41) is 10.6. The third kappa shape index (κ3) is 5.03. The maximum Gasteiger partial charge on any atom is 0.240 e. The summed E-state index contributed by atoms with van der Waals surface area (Å²) in [5.74, 6) is 0.288. The van der Waals surface area contributed by atoms with Crippen LogP contribution in [0.3, 0.4) is 0 Å². The number of rotatable bonds is 7. The van der Waals surface area contributed by atoms with E-state index in [-0.39, 0.29) is 10.8 Å². The Morgan fingerprint density at radius 1 is 1.17 bits per heavy atom. The Kier molecular flexibility index (Phi) is 6.62. The van der Waals surface area contributed by atoms with Gasteiger partial charge in [-0.25, -0.2) is 13.1 Å². The van der Waals surface area contributed by atoms with Crippen molar-refractivity contribution in [2.45, 2.75) is 63.4 Å². The Labute approximate surface area is 140 Å². The second kappa shape index (κ2) is 8.27. The molecule has 1 aliphatic carbocycles. The molecule has 0 unspecified atom stereocenters. The van der Waals surface area contributed by atoms with Crippen LogP contribution in [0.15, 0.2) is 29.2 Å². The van der Waals surface area contributed by atoms with Crippen LogP contribution in [-0.4, -0.2) is 26.2 Å². The van der Waals surface area contributed by atoms with Crippen LogP contribution in [0.5, 0.6) is 0 Å². The van der Waals surface area contributed by atoms with Gasteiger partial charge in [-0.1, -0.05) is 43.9 Å². The number of sulfonamides is 1. The highest BCUT2D eigenvalue weighted by atomic mass is 32.2. The van der Waals surface area contributed by atoms with Crippen LogP contribution in [0.1, 0.15) is 51.0 Å². The van der Waals surface area contributed by atoms with Crippen LogP contribution < -0.4 is 4.72 Å². The summed E-state index contributed by atoms with van der Waals surface area (Å²) in [6.07, 6.45) is 6.07. The van der Waals surface area contributed by atoms with E-state index in [1.54, 1.807) is 24.3 Å². The second-order valence-electron chi connectivity index (χ2n) is 6.72. The number of aliphatic hydroxyl groups excluding tert-OH is 1. The van der Waals surface area contributed by atoms with Gasteiger partial charge in [0.1, 0.15) is 0 Å². The molecular weight excluding hydrogens is 310 g/mol. The molecule has 0 heterocycles. The summed E-state index contributed by atoms with van der Waals surface area (Å²) in [4.78, 5) is 0.283. The van der Waals surface area contributed by atoms with E-state index in [4.69, 9.17) is 0 Å². The first-order valence-electron chi connectivity index (χ1n) is 8.68. The molecule has 0 aliphatic heterocycles. The third-order valence-electron chi connectivity index (χ3n) is 5.01. The van der Waals surface area contributed by atoms with Crippen molar-refractivity contribution >= 4 is 10.0 Å². The highest BCUT2D eigenvalue weighted by molar-refractivity contribution is 7.89. The molecule has 1 fully saturated rings. The van der Waals surface area contributed by atoms with Crippen LogP contribution in [0, 0.1) is 18.8 Å². The van der Waals surface area contributed by atoms with E-state index in [0.29, 0.717) is 12.5 Å². The summed E-state index contributed by atoms with van der Waals surface area (Å²) in [6, 6.07) is 6.83. The molecule has 4 nitrogen and oxygen atoms in total. The van der Waals surface area contributed by atoms with Gasteiger partial charge in [0.05, 0.1) is 11.0 Å². The maximum atomic E-state index is 12.4. The van der Waals surface area contributed by atoms with Gasteiger partial charge >= 0.3 is 0 Å². The van der Waals surface area contributed by atoms with E-state index < -0.39 is 16.1 Å². The number of aliphatic hydroxyl groups is 1. The Balaban J connectivity index is 1.97. The predicted molar refractivity (Wildman–Crippen MR) is 92.7 cm³/mol. The Hall–Kier alpha value is -0.910. The zero-order valence-corrected chi connectivity index (χ0v) is 15.0. The second-order valence-corrected chi connectivity index (χ2v) is 8.49. The van der Waals surface area contributed by atoms with Crippen LogP contribution in [0.4, 0.5) is 0 Å². The molecule has 5 heteroatoms. The van der Waals surface area contributed by atoms with Crippen molar-refractivity contribution in [2.75, 3.05) is 6.54 Å². The molecule has 1 aromatic carbocycles. The lowest BCUT2D eigenvalue weighted by molar-refractivity contribution is 0.0335. The quantitative estimate of drug-likeness (QED) is 0.801. The van der Waals surface area contributed by atoms with Gasteiger partial charge in [0.2, 0.25) is 10.0 Å². The smallest absolute Gasteiger partial charge is 0.240 e. The molecule has 1 aromatic rings. The number of aryl methyl sites for hydroxylation is 1. The van der Waals surface area contributed by atoms with Crippen LogP contribution in [0.25, 0.3) is 0 Å². The zero-order chi connectivity index (χ0) is 16.9. The molecule has 1 aliphatic rings. The lowest BCUT2D eigenvalue weighted by Gasteiger charge is -2.32. The molecule has 0 amide bonds. The molecule has 2 atom stereocenters. The molecule has 0 saturated heterocycles. The largest absolute Gasteiger partial charge is 0.393 e. The molecule has 1 saturated carbocycles. The van der Waals surface area contributed by atoms with Crippen LogP contribution in [0.2, 0.25) is 0 Å². The van der Waals surface area contributed by atoms with Gasteiger partial charge in [-0.3, -0.25) is 0 Å². The van der Waals surface area contributed by atoms with Gasteiger partial charge in [-0.15, -0.1) is 0 Å². The summed E-state index contributed by atoms with van der Waals surface area (Å²) < 4.78 is 27.4. The summed E-state index contributed by atoms with van der Waals surface area (Å²) in [6.45, 7) is 4.23. The SMILES string of the molecule is CC[C@H](CNS(=O)(=O)c1ccc(C)cc1)[C@H](O)C1CCCCC1. The van der Waals surface area contributed by atoms with Crippen molar-refractivity contribution in [1.29, 1.82) is 0 Å². The minimum absolute atomic E-state index is 0.0293. The van der Waals surface area contributed by atoms with Gasteiger partial charge in [0.15, 0.2) is 0 Å². The highest BCUT2D eigenvalue weighted by Gasteiger charge is 2.29. The van der Waals surface area contributed by atoms with Crippen molar-refractivity contribution in [3.05, 3.63) is 29.8 Å². The van der Waals surface area contributed by atoms with Gasteiger partial charge in [0.25, 0.3) is 0 Å². The van der Waals surface area contributed by atoms with Crippen molar-refractivity contribution in [2.24, 2.45) is 11.8 Å². The van der Waals surface area contributed by atoms with Crippen molar-refractivity contribution in [1.82, 2.24) is 4.72 Å². The lowest BCUT2D eigenvalue weighted by Crippen LogP contribution is -2.38. The monoisotopic (exact) mass is 339 g/mol. The third-order valence-corrected chi connectivity index (χ3v) is 6.45. The van der Waals surface area contributed by atoms with Crippen molar-refractivity contribution < 1.29 is 13.5 Å². The number of nitrogens with one attached hydrogen (secondary N) is 1. The molecule has 130 valence electrons. The maximum absolute atomic E-state index is 12.4.